The number of nitrogens with zero attached hydrogens (tertiary/aromatic N) is 2. The zero-order valence-corrected chi connectivity index (χ0v) is 13.9. The summed E-state index contributed by atoms with van der Waals surface area (Å²) in [5.41, 5.74) is 3.38. The molecule has 1 aliphatic rings. The number of pyridine rings is 1. The maximum absolute atomic E-state index is 12.4. The number of anilines is 1. The molecule has 134 valence electrons. The second-order valence-corrected chi connectivity index (χ2v) is 7.47. The molecule has 0 spiro atoms. The van der Waals surface area contributed by atoms with Crippen LogP contribution in [-0.2, 0) is 9.84 Å². The number of imide groups is 1. The van der Waals surface area contributed by atoms with Crippen molar-refractivity contribution in [3.63, 3.8) is 0 Å². The third-order valence-corrected chi connectivity index (χ3v) is 4.88. The number of nitrogens with one attached hydrogen (secondary N) is 1. The van der Waals surface area contributed by atoms with E-state index in [1.807, 2.05) is 5.32 Å². The van der Waals surface area contributed by atoms with Crippen LogP contribution < -0.4 is 16.6 Å². The summed E-state index contributed by atoms with van der Waals surface area (Å²) in [7, 11) is -3.74. The first kappa shape index (κ1) is 17.3. The second-order valence-electron chi connectivity index (χ2n) is 5.45. The van der Waals surface area contributed by atoms with E-state index >= 15 is 0 Å². The summed E-state index contributed by atoms with van der Waals surface area (Å²) in [5, 5.41) is 13.3. The molecule has 3 N–H and O–H groups in total. The number of carbonyl (C=O) groups is 2. The molecule has 3 rings (SSSR count). The lowest BCUT2D eigenvalue weighted by atomic mass is 10.1. The highest BCUT2D eigenvalue weighted by Crippen LogP contribution is 2.29. The molecule has 26 heavy (non-hydrogen) atoms. The highest BCUT2D eigenvalue weighted by molar-refractivity contribution is 7.90. The fraction of sp³-hybridized carbons (Fsp3) is 0.0714. The minimum absolute atomic E-state index is 0.232. The molecule has 0 unspecified atom stereocenters. The largest absolute Gasteiger partial charge is 0.384 e. The van der Waals surface area contributed by atoms with Crippen LogP contribution in [0, 0.1) is 10.1 Å². The predicted molar refractivity (Wildman–Crippen MR) is 88.0 cm³/mol. The number of nitrogens with two attached hydrogens (primary N) is 1. The number of hydrogen-bond donors (Lipinski definition) is 2. The van der Waals surface area contributed by atoms with Crippen molar-refractivity contribution in [1.82, 2.24) is 9.88 Å². The summed E-state index contributed by atoms with van der Waals surface area (Å²) >= 11 is 0. The van der Waals surface area contributed by atoms with Crippen LogP contribution in [-0.4, -0.2) is 36.0 Å². The van der Waals surface area contributed by atoms with E-state index in [-0.39, 0.29) is 21.7 Å². The van der Waals surface area contributed by atoms with E-state index < -0.39 is 43.6 Å². The molecule has 1 aromatic heterocycles. The topological polar surface area (TPSA) is 171 Å². The van der Waals surface area contributed by atoms with Crippen molar-refractivity contribution in [2.45, 2.75) is 4.90 Å². The number of nitro benzene ring substituents is 1. The number of nitro groups is 1. The van der Waals surface area contributed by atoms with E-state index in [0.29, 0.717) is 4.57 Å². The molecule has 2 amide bonds. The summed E-state index contributed by atoms with van der Waals surface area (Å²) in [6, 6.07) is 3.73. The van der Waals surface area contributed by atoms with Gasteiger partial charge in [-0.2, -0.15) is 0 Å². The Hall–Kier alpha value is -3.54. The molecule has 12 heteroatoms. The highest BCUT2D eigenvalue weighted by atomic mass is 32.2. The fourth-order valence-corrected chi connectivity index (χ4v) is 3.24. The summed E-state index contributed by atoms with van der Waals surface area (Å²) in [5.74, 6) is -2.11. The molecule has 11 nitrogen and oxygen atoms in total. The smallest absolute Gasteiger partial charge is 0.294 e. The number of sulfone groups is 1. The van der Waals surface area contributed by atoms with Crippen molar-refractivity contribution < 1.29 is 22.9 Å². The van der Waals surface area contributed by atoms with Gasteiger partial charge in [-0.15, -0.1) is 0 Å². The molecular formula is C14H10N4O7S. The van der Waals surface area contributed by atoms with Crippen LogP contribution >= 0.6 is 0 Å². The van der Waals surface area contributed by atoms with Crippen molar-refractivity contribution in [2.24, 2.45) is 0 Å². The molecule has 0 radical (unpaired) electrons. The van der Waals surface area contributed by atoms with E-state index in [1.54, 1.807) is 0 Å². The lowest BCUT2D eigenvalue weighted by molar-refractivity contribution is -0.384. The number of rotatable bonds is 3. The van der Waals surface area contributed by atoms with Crippen LogP contribution in [0.5, 0.6) is 0 Å². The van der Waals surface area contributed by atoms with Crippen molar-refractivity contribution in [3.8, 4) is 5.69 Å². The third-order valence-electron chi connectivity index (χ3n) is 3.77. The minimum atomic E-state index is -3.74. The first-order valence-corrected chi connectivity index (χ1v) is 8.81. The van der Waals surface area contributed by atoms with Gasteiger partial charge in [-0.05, 0) is 12.1 Å². The molecule has 0 bridgehead atoms. The third kappa shape index (κ3) is 2.52. The Morgan fingerprint density at radius 2 is 1.81 bits per heavy atom. The molecule has 1 aliphatic heterocycles. The van der Waals surface area contributed by atoms with Crippen molar-refractivity contribution in [1.29, 1.82) is 0 Å². The number of carbonyl (C=O) groups excluding carboxylic acids is 2. The van der Waals surface area contributed by atoms with Gasteiger partial charge in [-0.1, -0.05) is 0 Å². The maximum Gasteiger partial charge on any atom is 0.294 e. The quantitative estimate of drug-likeness (QED) is 0.413. The Kier molecular flexibility index (Phi) is 3.65. The molecule has 2 heterocycles. The average Bonchev–Trinajstić information content (AvgIpc) is 2.80. The SMILES string of the molecule is CS(=O)(=O)c1ccc(-n2c(N)c3c(cc2=O)C(=O)NC3=O)c([N+](=O)[O-])c1. The molecule has 0 aliphatic carbocycles. The monoisotopic (exact) mass is 378 g/mol. The van der Waals surface area contributed by atoms with Crippen LogP contribution in [0.4, 0.5) is 11.5 Å². The van der Waals surface area contributed by atoms with Gasteiger partial charge in [0.05, 0.1) is 20.9 Å². The van der Waals surface area contributed by atoms with Crippen molar-refractivity contribution in [3.05, 3.63) is 55.9 Å². The van der Waals surface area contributed by atoms with Gasteiger partial charge in [0.15, 0.2) is 9.84 Å². The number of benzene rings is 1. The van der Waals surface area contributed by atoms with Gasteiger partial charge in [-0.25, -0.2) is 8.42 Å². The van der Waals surface area contributed by atoms with Crippen molar-refractivity contribution in [2.75, 3.05) is 12.0 Å². The number of amides is 2. The normalized spacial score (nSPS) is 13.4. The van der Waals surface area contributed by atoms with Gasteiger partial charge in [0, 0.05) is 18.4 Å². The van der Waals surface area contributed by atoms with Gasteiger partial charge >= 0.3 is 0 Å². The number of fused-ring (bicyclic) bond motifs is 1. The molecular weight excluding hydrogens is 368 g/mol. The Labute approximate surface area is 145 Å². The van der Waals surface area contributed by atoms with E-state index in [1.165, 1.54) is 0 Å². The molecule has 1 aromatic carbocycles. The highest BCUT2D eigenvalue weighted by Gasteiger charge is 2.33. The molecule has 0 saturated carbocycles. The first-order chi connectivity index (χ1) is 12.0. The molecule has 0 saturated heterocycles. The summed E-state index contributed by atoms with van der Waals surface area (Å²) in [6.45, 7) is 0. The van der Waals surface area contributed by atoms with Crippen LogP contribution in [0.3, 0.4) is 0 Å². The standard InChI is InChI=1S/C14H10N4O7S/c1-26(24,25)6-2-3-8(9(4-6)18(22)23)17-10(19)5-7-11(12(17)15)14(21)16-13(7)20/h2-5H,15H2,1H3,(H,16,20,21). The zero-order chi connectivity index (χ0) is 19.4. The molecule has 0 atom stereocenters. The van der Waals surface area contributed by atoms with E-state index in [2.05, 4.69) is 0 Å². The first-order valence-electron chi connectivity index (χ1n) is 6.92. The summed E-state index contributed by atoms with van der Waals surface area (Å²) in [4.78, 5) is 46.0. The van der Waals surface area contributed by atoms with Crippen LogP contribution in [0.15, 0.2) is 34.0 Å². The van der Waals surface area contributed by atoms with Gasteiger partial charge in [0.1, 0.15) is 11.5 Å². The number of nitrogen functional groups attached to an aromatic ring is 1. The number of hydrogen-bond acceptors (Lipinski definition) is 8. The average molecular weight is 378 g/mol. The lowest BCUT2D eigenvalue weighted by Gasteiger charge is -2.12. The zero-order valence-electron chi connectivity index (χ0n) is 13.0. The van der Waals surface area contributed by atoms with Crippen LogP contribution in [0.1, 0.15) is 20.7 Å². The van der Waals surface area contributed by atoms with Crippen LogP contribution in [0.25, 0.3) is 5.69 Å². The summed E-state index contributed by atoms with van der Waals surface area (Å²) in [6.07, 6.45) is 0.873. The lowest BCUT2D eigenvalue weighted by Crippen LogP contribution is -2.24. The molecule has 0 fully saturated rings. The fourth-order valence-electron chi connectivity index (χ4n) is 2.60. The Morgan fingerprint density at radius 3 is 2.38 bits per heavy atom. The van der Waals surface area contributed by atoms with Gasteiger partial charge < -0.3 is 5.73 Å². The maximum atomic E-state index is 12.4. The van der Waals surface area contributed by atoms with Gasteiger partial charge in [0.2, 0.25) is 0 Å². The second kappa shape index (κ2) is 5.49. The summed E-state index contributed by atoms with van der Waals surface area (Å²) < 4.78 is 23.9. The van der Waals surface area contributed by atoms with Crippen LogP contribution in [0.2, 0.25) is 0 Å². The Bertz CT molecular complexity index is 1180. The van der Waals surface area contributed by atoms with Gasteiger partial charge in [0.25, 0.3) is 23.1 Å². The number of aromatic nitrogens is 1. The predicted octanol–water partition coefficient (Wildman–Crippen LogP) is -0.385. The Morgan fingerprint density at radius 1 is 1.15 bits per heavy atom. The van der Waals surface area contributed by atoms with Crippen molar-refractivity contribution >= 4 is 33.2 Å². The molecule has 2 aromatic rings. The van der Waals surface area contributed by atoms with E-state index in [0.717, 1.165) is 30.5 Å². The Balaban J connectivity index is 2.37. The van der Waals surface area contributed by atoms with Gasteiger partial charge in [-0.3, -0.25) is 34.4 Å². The van der Waals surface area contributed by atoms with E-state index in [9.17, 15) is 32.9 Å². The van der Waals surface area contributed by atoms with E-state index in [4.69, 9.17) is 5.73 Å². The minimum Gasteiger partial charge on any atom is -0.384 e.